The molecule has 0 aliphatic heterocycles. The van der Waals surface area contributed by atoms with Crippen LogP contribution in [0.4, 0.5) is 10.5 Å². The molecule has 0 saturated carbocycles. The van der Waals surface area contributed by atoms with Gasteiger partial charge in [0, 0.05) is 23.7 Å². The van der Waals surface area contributed by atoms with E-state index in [0.717, 1.165) is 21.6 Å². The van der Waals surface area contributed by atoms with Gasteiger partial charge in [0.05, 0.1) is 20.8 Å². The zero-order valence-corrected chi connectivity index (χ0v) is 22.8. The molecule has 0 spiro atoms. The summed E-state index contributed by atoms with van der Waals surface area (Å²) in [6, 6.07) is 15.0. The molecule has 1 N–H and O–H groups in total. The first-order valence-corrected chi connectivity index (χ1v) is 13.0. The number of ether oxygens (including phenoxy) is 2. The number of nitrogens with zero attached hydrogens (tertiary/aromatic N) is 2. The van der Waals surface area contributed by atoms with Crippen molar-refractivity contribution in [2.75, 3.05) is 39.2 Å². The number of hydrogen-bond acceptors (Lipinski definition) is 5. The molecule has 3 aromatic rings. The quantitative estimate of drug-likeness (QED) is 0.312. The van der Waals surface area contributed by atoms with E-state index in [9.17, 15) is 9.59 Å². The molecular formula is C29H35N3O4S. The number of anilines is 1. The summed E-state index contributed by atoms with van der Waals surface area (Å²) < 4.78 is 10.8. The fourth-order valence-electron chi connectivity index (χ4n) is 3.88. The van der Waals surface area contributed by atoms with E-state index in [1.165, 1.54) is 4.90 Å². The Bertz CT molecular complexity index is 1220. The maximum absolute atomic E-state index is 13.6. The highest BCUT2D eigenvalue weighted by Gasteiger charge is 2.22. The average molecular weight is 522 g/mol. The van der Waals surface area contributed by atoms with E-state index < -0.39 is 0 Å². The van der Waals surface area contributed by atoms with Gasteiger partial charge in [-0.05, 0) is 66.6 Å². The van der Waals surface area contributed by atoms with E-state index in [0.29, 0.717) is 36.7 Å². The second-order valence-corrected chi connectivity index (χ2v) is 9.70. The zero-order valence-electron chi connectivity index (χ0n) is 22.0. The van der Waals surface area contributed by atoms with Gasteiger partial charge in [0.1, 0.15) is 6.54 Å². The van der Waals surface area contributed by atoms with Crippen molar-refractivity contribution >= 4 is 29.0 Å². The normalized spacial score (nSPS) is 10.5. The summed E-state index contributed by atoms with van der Waals surface area (Å²) in [4.78, 5) is 31.0. The maximum atomic E-state index is 13.6. The molecule has 0 bridgehead atoms. The summed E-state index contributed by atoms with van der Waals surface area (Å²) in [5, 5.41) is 4.95. The smallest absolute Gasteiger partial charge is 0.322 e. The first-order valence-electron chi connectivity index (χ1n) is 12.1. The number of benzene rings is 2. The van der Waals surface area contributed by atoms with E-state index >= 15 is 0 Å². The van der Waals surface area contributed by atoms with Gasteiger partial charge in [-0.25, -0.2) is 4.79 Å². The van der Waals surface area contributed by atoms with Crippen LogP contribution in [-0.4, -0.2) is 55.6 Å². The minimum Gasteiger partial charge on any atom is -0.493 e. The van der Waals surface area contributed by atoms with Crippen molar-refractivity contribution in [2.45, 2.75) is 26.8 Å². The molecule has 196 valence electrons. The Kier molecular flexibility index (Phi) is 10.1. The first-order chi connectivity index (χ1) is 17.9. The van der Waals surface area contributed by atoms with Gasteiger partial charge in [-0.1, -0.05) is 30.3 Å². The molecule has 3 amide bonds. The number of thiophene rings is 1. The standard InChI is InChI=1S/C29H35N3O4S/c1-6-15-32(29(34)30-24-10-8-7-9-21(24)2)20-28(33)31(19-27-22(3)14-17-37-27)16-13-23-11-12-25(35-4)26(18-23)36-5/h6-12,14,17-18H,1,13,15-16,19-20H2,2-5H3,(H,30,34). The highest BCUT2D eigenvalue weighted by molar-refractivity contribution is 7.10. The summed E-state index contributed by atoms with van der Waals surface area (Å²) in [5.74, 6) is 1.18. The summed E-state index contributed by atoms with van der Waals surface area (Å²) >= 11 is 1.63. The maximum Gasteiger partial charge on any atom is 0.322 e. The van der Waals surface area contributed by atoms with Crippen LogP contribution in [0.15, 0.2) is 66.6 Å². The van der Waals surface area contributed by atoms with Crippen molar-refractivity contribution in [3.63, 3.8) is 0 Å². The largest absolute Gasteiger partial charge is 0.493 e. The number of methoxy groups -OCH3 is 2. The van der Waals surface area contributed by atoms with E-state index in [2.05, 4.69) is 18.0 Å². The number of aryl methyl sites for hydroxylation is 2. The van der Waals surface area contributed by atoms with Crippen molar-refractivity contribution in [3.05, 3.63) is 88.1 Å². The Hall–Kier alpha value is -3.78. The second kappa shape index (κ2) is 13.5. The van der Waals surface area contributed by atoms with Crippen molar-refractivity contribution in [1.29, 1.82) is 0 Å². The lowest BCUT2D eigenvalue weighted by Gasteiger charge is -2.27. The van der Waals surface area contributed by atoms with Crippen molar-refractivity contribution in [3.8, 4) is 11.5 Å². The summed E-state index contributed by atoms with van der Waals surface area (Å²) in [5.41, 5.74) is 3.84. The topological polar surface area (TPSA) is 71.1 Å². The molecule has 1 heterocycles. The Labute approximate surface area is 223 Å². The Morgan fingerprint density at radius 2 is 1.76 bits per heavy atom. The molecule has 0 aliphatic rings. The third-order valence-electron chi connectivity index (χ3n) is 6.12. The monoisotopic (exact) mass is 521 g/mol. The van der Waals surface area contributed by atoms with Crippen molar-refractivity contribution in [2.24, 2.45) is 0 Å². The number of carbonyl (C=O) groups is 2. The predicted octanol–water partition coefficient (Wildman–Crippen LogP) is 5.67. The predicted molar refractivity (Wildman–Crippen MR) is 150 cm³/mol. The van der Waals surface area contributed by atoms with Crippen LogP contribution in [0.1, 0.15) is 21.6 Å². The number of amides is 3. The van der Waals surface area contributed by atoms with Crippen LogP contribution in [0.5, 0.6) is 11.5 Å². The van der Waals surface area contributed by atoms with Gasteiger partial charge in [-0.2, -0.15) is 0 Å². The highest BCUT2D eigenvalue weighted by atomic mass is 32.1. The summed E-state index contributed by atoms with van der Waals surface area (Å²) in [7, 11) is 3.21. The molecule has 7 nitrogen and oxygen atoms in total. The Morgan fingerprint density at radius 3 is 2.41 bits per heavy atom. The molecule has 0 fully saturated rings. The van der Waals surface area contributed by atoms with Gasteiger partial charge in [0.15, 0.2) is 11.5 Å². The lowest BCUT2D eigenvalue weighted by molar-refractivity contribution is -0.132. The zero-order chi connectivity index (χ0) is 26.8. The minimum atomic E-state index is -0.338. The van der Waals surface area contributed by atoms with Crippen LogP contribution in [0.2, 0.25) is 0 Å². The number of nitrogens with one attached hydrogen (secondary N) is 1. The molecule has 0 unspecified atom stereocenters. The number of para-hydroxylation sites is 1. The Morgan fingerprint density at radius 1 is 1.00 bits per heavy atom. The van der Waals surface area contributed by atoms with Crippen LogP contribution in [0.25, 0.3) is 0 Å². The number of carbonyl (C=O) groups excluding carboxylic acids is 2. The van der Waals surface area contributed by atoms with Gasteiger partial charge >= 0.3 is 6.03 Å². The Balaban J connectivity index is 1.76. The SMILES string of the molecule is C=CCN(CC(=O)N(CCc1ccc(OC)c(OC)c1)Cc1sccc1C)C(=O)Nc1ccccc1C. The molecule has 0 radical (unpaired) electrons. The average Bonchev–Trinajstić information content (AvgIpc) is 3.31. The van der Waals surface area contributed by atoms with Gasteiger partial charge in [0.2, 0.25) is 5.91 Å². The summed E-state index contributed by atoms with van der Waals surface area (Å²) in [6.07, 6.45) is 2.26. The van der Waals surface area contributed by atoms with Crippen LogP contribution < -0.4 is 14.8 Å². The molecule has 3 rings (SSSR count). The van der Waals surface area contributed by atoms with E-state index in [1.54, 1.807) is 31.6 Å². The second-order valence-electron chi connectivity index (χ2n) is 8.70. The minimum absolute atomic E-state index is 0.0555. The molecule has 0 aliphatic carbocycles. The molecular weight excluding hydrogens is 486 g/mol. The molecule has 0 saturated heterocycles. The van der Waals surface area contributed by atoms with Crippen LogP contribution >= 0.6 is 11.3 Å². The lowest BCUT2D eigenvalue weighted by atomic mass is 10.1. The number of urea groups is 1. The molecule has 0 atom stereocenters. The highest BCUT2D eigenvalue weighted by Crippen LogP contribution is 2.28. The van der Waals surface area contributed by atoms with Gasteiger partial charge in [-0.15, -0.1) is 17.9 Å². The first kappa shape index (κ1) is 27.8. The van der Waals surface area contributed by atoms with E-state index in [4.69, 9.17) is 9.47 Å². The number of hydrogen-bond donors (Lipinski definition) is 1. The molecule has 8 heteroatoms. The fraction of sp³-hybridized carbons (Fsp3) is 0.310. The van der Waals surface area contributed by atoms with Gasteiger partial charge in [-0.3, -0.25) is 4.79 Å². The van der Waals surface area contributed by atoms with Crippen LogP contribution in [-0.2, 0) is 17.8 Å². The van der Waals surface area contributed by atoms with Crippen LogP contribution in [0, 0.1) is 13.8 Å². The third kappa shape index (κ3) is 7.60. The van der Waals surface area contributed by atoms with Gasteiger partial charge < -0.3 is 24.6 Å². The molecule has 37 heavy (non-hydrogen) atoms. The van der Waals surface area contributed by atoms with Crippen LogP contribution in [0.3, 0.4) is 0 Å². The summed E-state index contributed by atoms with van der Waals surface area (Å²) in [6.45, 7) is 8.92. The van der Waals surface area contributed by atoms with E-state index in [1.807, 2.05) is 66.6 Å². The van der Waals surface area contributed by atoms with Gasteiger partial charge in [0.25, 0.3) is 0 Å². The van der Waals surface area contributed by atoms with E-state index in [-0.39, 0.29) is 25.0 Å². The molecule has 1 aromatic heterocycles. The number of rotatable bonds is 12. The van der Waals surface area contributed by atoms with Crippen molar-refractivity contribution < 1.29 is 19.1 Å². The fourth-order valence-corrected chi connectivity index (χ4v) is 4.80. The molecule has 2 aromatic carbocycles. The lowest BCUT2D eigenvalue weighted by Crippen LogP contribution is -2.45. The third-order valence-corrected chi connectivity index (χ3v) is 7.13. The van der Waals surface area contributed by atoms with Crippen molar-refractivity contribution in [1.82, 2.24) is 9.80 Å².